The monoisotopic (exact) mass is 356 g/mol. The lowest BCUT2D eigenvalue weighted by Gasteiger charge is -2.18. The molecular weight excluding hydrogens is 336 g/mol. The molecule has 1 aliphatic rings. The van der Waals surface area contributed by atoms with E-state index in [0.29, 0.717) is 23.6 Å². The van der Waals surface area contributed by atoms with Crippen LogP contribution >= 0.6 is 11.6 Å². The van der Waals surface area contributed by atoms with Crippen LogP contribution in [0.4, 0.5) is 11.4 Å². The summed E-state index contributed by atoms with van der Waals surface area (Å²) in [6.45, 7) is 5.83. The summed E-state index contributed by atoms with van der Waals surface area (Å²) >= 11 is 5.95. The molecule has 2 N–H and O–H groups in total. The van der Waals surface area contributed by atoms with E-state index in [4.69, 9.17) is 11.6 Å². The SMILES string of the molecule is Cc1cc(Cl)ccc1NC(=O)C1(C(=O)Nc2cccc(C)c2C)CC1. The summed E-state index contributed by atoms with van der Waals surface area (Å²) < 4.78 is 0. The Labute approximate surface area is 152 Å². The molecule has 0 heterocycles. The van der Waals surface area contributed by atoms with Gasteiger partial charge in [0.1, 0.15) is 5.41 Å². The van der Waals surface area contributed by atoms with Gasteiger partial charge in [-0.05, 0) is 74.6 Å². The largest absolute Gasteiger partial charge is 0.325 e. The van der Waals surface area contributed by atoms with Crippen molar-refractivity contribution in [3.05, 3.63) is 58.1 Å². The zero-order chi connectivity index (χ0) is 18.2. The van der Waals surface area contributed by atoms with Gasteiger partial charge in [0, 0.05) is 16.4 Å². The van der Waals surface area contributed by atoms with Crippen molar-refractivity contribution in [2.45, 2.75) is 33.6 Å². The van der Waals surface area contributed by atoms with Crippen LogP contribution in [0.5, 0.6) is 0 Å². The fraction of sp³-hybridized carbons (Fsp3) is 0.300. The molecule has 5 heteroatoms. The molecule has 0 atom stereocenters. The standard InChI is InChI=1S/C20H21ClN2O2/c1-12-5-4-6-17(14(12)3)23-19(25)20(9-10-20)18(24)22-16-8-7-15(21)11-13(16)2/h4-8,11H,9-10H2,1-3H3,(H,22,24)(H,23,25). The molecule has 2 aromatic carbocycles. The van der Waals surface area contributed by atoms with Crippen molar-refractivity contribution >= 4 is 34.8 Å². The molecule has 1 fully saturated rings. The molecule has 2 amide bonds. The molecule has 0 unspecified atom stereocenters. The Morgan fingerprint density at radius 3 is 2.16 bits per heavy atom. The van der Waals surface area contributed by atoms with Gasteiger partial charge in [-0.15, -0.1) is 0 Å². The maximum absolute atomic E-state index is 12.7. The summed E-state index contributed by atoms with van der Waals surface area (Å²) in [6.07, 6.45) is 1.12. The highest BCUT2D eigenvalue weighted by Crippen LogP contribution is 2.47. The molecule has 25 heavy (non-hydrogen) atoms. The molecule has 0 saturated heterocycles. The number of hydrogen-bond donors (Lipinski definition) is 2. The van der Waals surface area contributed by atoms with Crippen LogP contribution in [-0.2, 0) is 9.59 Å². The topological polar surface area (TPSA) is 58.2 Å². The Kier molecular flexibility index (Phi) is 4.56. The first-order valence-corrected chi connectivity index (χ1v) is 8.66. The van der Waals surface area contributed by atoms with Gasteiger partial charge in [0.05, 0.1) is 0 Å². The van der Waals surface area contributed by atoms with E-state index in [0.717, 1.165) is 22.4 Å². The van der Waals surface area contributed by atoms with Crippen LogP contribution < -0.4 is 10.6 Å². The molecule has 4 nitrogen and oxygen atoms in total. The van der Waals surface area contributed by atoms with Gasteiger partial charge in [0.2, 0.25) is 11.8 Å². The van der Waals surface area contributed by atoms with Crippen LogP contribution in [0.3, 0.4) is 0 Å². The summed E-state index contributed by atoms with van der Waals surface area (Å²) in [6, 6.07) is 11.0. The maximum Gasteiger partial charge on any atom is 0.240 e. The number of carbonyl (C=O) groups is 2. The van der Waals surface area contributed by atoms with Gasteiger partial charge in [-0.25, -0.2) is 0 Å². The number of aryl methyl sites for hydroxylation is 2. The van der Waals surface area contributed by atoms with Crippen LogP contribution in [0.2, 0.25) is 5.02 Å². The van der Waals surface area contributed by atoms with Gasteiger partial charge in [0.25, 0.3) is 0 Å². The number of carbonyl (C=O) groups excluding carboxylic acids is 2. The van der Waals surface area contributed by atoms with Crippen molar-refractivity contribution in [2.75, 3.05) is 10.6 Å². The van der Waals surface area contributed by atoms with Gasteiger partial charge >= 0.3 is 0 Å². The van der Waals surface area contributed by atoms with Crippen molar-refractivity contribution < 1.29 is 9.59 Å². The average Bonchev–Trinajstić information content (AvgIpc) is 3.36. The van der Waals surface area contributed by atoms with E-state index < -0.39 is 5.41 Å². The molecule has 0 aromatic heterocycles. The first-order chi connectivity index (χ1) is 11.8. The van der Waals surface area contributed by atoms with E-state index in [1.165, 1.54) is 0 Å². The number of rotatable bonds is 4. The Balaban J connectivity index is 1.76. The first kappa shape index (κ1) is 17.5. The zero-order valence-corrected chi connectivity index (χ0v) is 15.3. The van der Waals surface area contributed by atoms with Gasteiger partial charge in [-0.3, -0.25) is 9.59 Å². The fourth-order valence-electron chi connectivity index (χ4n) is 2.82. The molecule has 130 valence electrons. The molecule has 2 aromatic rings. The van der Waals surface area contributed by atoms with Crippen LogP contribution in [0.1, 0.15) is 29.5 Å². The smallest absolute Gasteiger partial charge is 0.240 e. The van der Waals surface area contributed by atoms with Crippen LogP contribution in [0.15, 0.2) is 36.4 Å². The molecular formula is C20H21ClN2O2. The minimum Gasteiger partial charge on any atom is -0.325 e. The average molecular weight is 357 g/mol. The Morgan fingerprint density at radius 1 is 0.920 bits per heavy atom. The second-order valence-corrected chi connectivity index (χ2v) is 7.13. The minimum atomic E-state index is -0.984. The van der Waals surface area contributed by atoms with Crippen molar-refractivity contribution in [3.8, 4) is 0 Å². The first-order valence-electron chi connectivity index (χ1n) is 8.29. The molecule has 3 rings (SSSR count). The van der Waals surface area contributed by atoms with E-state index in [1.807, 2.05) is 39.0 Å². The quantitative estimate of drug-likeness (QED) is 0.785. The van der Waals surface area contributed by atoms with Gasteiger partial charge in [0.15, 0.2) is 0 Å². The van der Waals surface area contributed by atoms with Gasteiger partial charge in [-0.2, -0.15) is 0 Å². The lowest BCUT2D eigenvalue weighted by Crippen LogP contribution is -2.36. The fourth-order valence-corrected chi connectivity index (χ4v) is 3.05. The summed E-state index contributed by atoms with van der Waals surface area (Å²) in [5.41, 5.74) is 3.44. The second kappa shape index (κ2) is 6.52. The van der Waals surface area contributed by atoms with E-state index in [1.54, 1.807) is 18.2 Å². The Morgan fingerprint density at radius 2 is 1.56 bits per heavy atom. The summed E-state index contributed by atoms with van der Waals surface area (Å²) in [5.74, 6) is -0.508. The van der Waals surface area contributed by atoms with Crippen molar-refractivity contribution in [1.29, 1.82) is 0 Å². The van der Waals surface area contributed by atoms with Crippen LogP contribution in [0.25, 0.3) is 0 Å². The summed E-state index contributed by atoms with van der Waals surface area (Å²) in [4.78, 5) is 25.5. The molecule has 1 aliphatic carbocycles. The lowest BCUT2D eigenvalue weighted by molar-refractivity contribution is -0.131. The lowest BCUT2D eigenvalue weighted by atomic mass is 10.0. The van der Waals surface area contributed by atoms with Crippen molar-refractivity contribution in [3.63, 3.8) is 0 Å². The summed E-state index contributed by atoms with van der Waals surface area (Å²) in [7, 11) is 0. The number of halogens is 1. The van der Waals surface area contributed by atoms with Crippen LogP contribution in [0, 0.1) is 26.2 Å². The van der Waals surface area contributed by atoms with E-state index in [2.05, 4.69) is 10.6 Å². The van der Waals surface area contributed by atoms with E-state index >= 15 is 0 Å². The molecule has 1 saturated carbocycles. The Hall–Kier alpha value is -2.33. The number of amides is 2. The Bertz CT molecular complexity index is 857. The summed E-state index contributed by atoms with van der Waals surface area (Å²) in [5, 5.41) is 6.41. The van der Waals surface area contributed by atoms with E-state index in [9.17, 15) is 9.59 Å². The molecule has 0 radical (unpaired) electrons. The van der Waals surface area contributed by atoms with Crippen LogP contribution in [-0.4, -0.2) is 11.8 Å². The van der Waals surface area contributed by atoms with Crippen molar-refractivity contribution in [1.82, 2.24) is 0 Å². The third-order valence-corrected chi connectivity index (χ3v) is 5.14. The minimum absolute atomic E-state index is 0.245. The molecule has 0 aliphatic heterocycles. The number of benzene rings is 2. The highest BCUT2D eigenvalue weighted by molar-refractivity contribution is 6.30. The second-order valence-electron chi connectivity index (χ2n) is 6.70. The van der Waals surface area contributed by atoms with Gasteiger partial charge < -0.3 is 10.6 Å². The third-order valence-electron chi connectivity index (χ3n) is 4.91. The zero-order valence-electron chi connectivity index (χ0n) is 14.6. The van der Waals surface area contributed by atoms with Crippen molar-refractivity contribution in [2.24, 2.45) is 5.41 Å². The normalized spacial score (nSPS) is 14.7. The maximum atomic E-state index is 12.7. The molecule has 0 bridgehead atoms. The predicted octanol–water partition coefficient (Wildman–Crippen LogP) is 4.62. The third kappa shape index (κ3) is 3.40. The molecule has 0 spiro atoms. The highest BCUT2D eigenvalue weighted by Gasteiger charge is 2.56. The van der Waals surface area contributed by atoms with E-state index in [-0.39, 0.29) is 11.8 Å². The predicted molar refractivity (Wildman–Crippen MR) is 101 cm³/mol. The number of anilines is 2. The highest BCUT2D eigenvalue weighted by atomic mass is 35.5. The van der Waals surface area contributed by atoms with Gasteiger partial charge in [-0.1, -0.05) is 23.7 Å². The number of nitrogens with one attached hydrogen (secondary N) is 2. The number of hydrogen-bond acceptors (Lipinski definition) is 2.